The third-order valence-electron chi connectivity index (χ3n) is 7.12. The van der Waals surface area contributed by atoms with Gasteiger partial charge in [0.2, 0.25) is 0 Å². The van der Waals surface area contributed by atoms with Crippen molar-refractivity contribution in [2.24, 2.45) is 17.3 Å². The fourth-order valence-electron chi connectivity index (χ4n) is 5.08. The minimum Gasteiger partial charge on any atom is -0.490 e. The topological polar surface area (TPSA) is 51.7 Å². The number of likely N-dealkylation sites (tertiary alicyclic amines) is 1. The second-order valence-corrected chi connectivity index (χ2v) is 10.5. The fourth-order valence-corrected chi connectivity index (χ4v) is 5.08. The number of pyridine rings is 1. The molecule has 0 radical (unpaired) electrons. The average molecular weight is 425 g/mol. The molecule has 5 heteroatoms. The van der Waals surface area contributed by atoms with Gasteiger partial charge in [0.25, 0.3) is 0 Å². The van der Waals surface area contributed by atoms with Gasteiger partial charge in [0.15, 0.2) is 0 Å². The number of hydrogen-bond acceptors (Lipinski definition) is 5. The van der Waals surface area contributed by atoms with Crippen LogP contribution in [0.5, 0.6) is 5.75 Å². The minimum atomic E-state index is -0.113. The van der Waals surface area contributed by atoms with Gasteiger partial charge in [-0.25, -0.2) is 0 Å². The lowest BCUT2D eigenvalue weighted by atomic mass is 9.72. The summed E-state index contributed by atoms with van der Waals surface area (Å²) in [5.74, 6) is 1.64. The van der Waals surface area contributed by atoms with Gasteiger partial charge in [-0.3, -0.25) is 14.7 Å². The number of benzene rings is 1. The maximum atomic E-state index is 11.6. The monoisotopic (exact) mass is 424 g/mol. The van der Waals surface area contributed by atoms with E-state index in [2.05, 4.69) is 56.9 Å². The molecule has 31 heavy (non-hydrogen) atoms. The smallest absolute Gasteiger partial charge is 0.311 e. The molecule has 2 heterocycles. The van der Waals surface area contributed by atoms with Crippen LogP contribution in [0.15, 0.2) is 24.3 Å². The van der Waals surface area contributed by atoms with E-state index in [0.717, 1.165) is 60.7 Å². The second-order valence-electron chi connectivity index (χ2n) is 10.5. The molecule has 0 amide bonds. The lowest BCUT2D eigenvalue weighted by molar-refractivity contribution is -0.151. The van der Waals surface area contributed by atoms with E-state index >= 15 is 0 Å². The van der Waals surface area contributed by atoms with E-state index in [-0.39, 0.29) is 11.9 Å². The molecule has 0 N–H and O–H groups in total. The molecule has 1 aliphatic carbocycles. The maximum Gasteiger partial charge on any atom is 0.311 e. The van der Waals surface area contributed by atoms with Crippen molar-refractivity contribution in [3.63, 3.8) is 0 Å². The largest absolute Gasteiger partial charge is 0.490 e. The molecule has 168 valence electrons. The number of esters is 1. The Balaban J connectivity index is 1.38. The van der Waals surface area contributed by atoms with Crippen molar-refractivity contribution in [1.29, 1.82) is 0 Å². The van der Waals surface area contributed by atoms with E-state index in [1.807, 2.05) is 0 Å². The molecule has 5 nitrogen and oxygen atoms in total. The molecular weight excluding hydrogens is 388 g/mol. The molecule has 1 saturated carbocycles. The number of aryl methyl sites for hydroxylation is 1. The lowest BCUT2D eigenvalue weighted by Crippen LogP contribution is -2.50. The van der Waals surface area contributed by atoms with Crippen LogP contribution < -0.4 is 4.74 Å². The number of hydrogen-bond donors (Lipinski definition) is 0. The number of methoxy groups -OCH3 is 1. The molecule has 0 atom stereocenters. The highest BCUT2D eigenvalue weighted by Crippen LogP contribution is 2.39. The molecule has 1 aromatic heterocycles. The van der Waals surface area contributed by atoms with Crippen LogP contribution in [0.2, 0.25) is 0 Å². The van der Waals surface area contributed by atoms with Gasteiger partial charge in [0.1, 0.15) is 5.75 Å². The molecule has 1 aliphatic heterocycles. The summed E-state index contributed by atoms with van der Waals surface area (Å²) in [7, 11) is 1.45. The van der Waals surface area contributed by atoms with Gasteiger partial charge < -0.3 is 9.47 Å². The van der Waals surface area contributed by atoms with Gasteiger partial charge in [-0.2, -0.15) is 0 Å². The number of aromatic nitrogens is 1. The zero-order chi connectivity index (χ0) is 22.2. The predicted octanol–water partition coefficient (Wildman–Crippen LogP) is 5.13. The van der Waals surface area contributed by atoms with Crippen molar-refractivity contribution in [3.05, 3.63) is 35.5 Å². The molecule has 2 aliphatic rings. The van der Waals surface area contributed by atoms with Crippen LogP contribution in [0.25, 0.3) is 10.9 Å². The first-order valence-electron chi connectivity index (χ1n) is 11.6. The second kappa shape index (κ2) is 8.78. The Labute approximate surface area is 186 Å². The first kappa shape index (κ1) is 22.1. The number of ether oxygens (including phenoxy) is 2. The highest BCUT2D eigenvalue weighted by Gasteiger charge is 2.33. The zero-order valence-electron chi connectivity index (χ0n) is 19.6. The Morgan fingerprint density at radius 1 is 1.13 bits per heavy atom. The van der Waals surface area contributed by atoms with E-state index in [1.54, 1.807) is 0 Å². The van der Waals surface area contributed by atoms with Crippen LogP contribution >= 0.6 is 0 Å². The van der Waals surface area contributed by atoms with E-state index in [9.17, 15) is 4.79 Å². The van der Waals surface area contributed by atoms with Crippen LogP contribution in [-0.2, 0) is 16.1 Å². The van der Waals surface area contributed by atoms with Crippen LogP contribution in [0.3, 0.4) is 0 Å². The Bertz CT molecular complexity index is 936. The van der Waals surface area contributed by atoms with Gasteiger partial charge in [0.05, 0.1) is 30.3 Å². The van der Waals surface area contributed by atoms with Gasteiger partial charge in [-0.15, -0.1) is 0 Å². The normalized spacial score (nSPS) is 22.9. The molecular formula is C26H36N2O3. The molecule has 4 rings (SSSR count). The fraction of sp³-hybridized carbons (Fsp3) is 0.615. The summed E-state index contributed by atoms with van der Waals surface area (Å²) in [6.45, 7) is 11.5. The SMILES string of the molecule is COC(=O)C1CN(Cc2cc(C)c3cc(OC4CCC(C(C)(C)C)CC4)ccc3n2)C1. The minimum absolute atomic E-state index is 0.00438. The molecule has 1 saturated heterocycles. The van der Waals surface area contributed by atoms with Crippen molar-refractivity contribution in [1.82, 2.24) is 9.88 Å². The van der Waals surface area contributed by atoms with Gasteiger partial charge in [-0.05, 0) is 73.8 Å². The van der Waals surface area contributed by atoms with Crippen molar-refractivity contribution >= 4 is 16.9 Å². The number of carbonyl (C=O) groups excluding carboxylic acids is 1. The molecule has 0 spiro atoms. The average Bonchev–Trinajstić information content (AvgIpc) is 2.70. The first-order valence-corrected chi connectivity index (χ1v) is 11.6. The number of rotatable bonds is 5. The van der Waals surface area contributed by atoms with E-state index in [1.165, 1.54) is 25.5 Å². The molecule has 1 aromatic carbocycles. The molecule has 2 aromatic rings. The predicted molar refractivity (Wildman–Crippen MR) is 123 cm³/mol. The maximum absolute atomic E-state index is 11.6. The van der Waals surface area contributed by atoms with Crippen molar-refractivity contribution in [3.8, 4) is 5.75 Å². The number of carbonyl (C=O) groups is 1. The van der Waals surface area contributed by atoms with Gasteiger partial charge >= 0.3 is 5.97 Å². The van der Waals surface area contributed by atoms with Gasteiger partial charge in [0, 0.05) is 25.0 Å². The van der Waals surface area contributed by atoms with Crippen LogP contribution in [-0.4, -0.2) is 42.2 Å². The summed E-state index contributed by atoms with van der Waals surface area (Å²) in [5.41, 5.74) is 3.66. The van der Waals surface area contributed by atoms with Gasteiger partial charge in [-0.1, -0.05) is 20.8 Å². The zero-order valence-corrected chi connectivity index (χ0v) is 19.6. The van der Waals surface area contributed by atoms with Crippen LogP contribution in [0.1, 0.15) is 57.7 Å². The lowest BCUT2D eigenvalue weighted by Gasteiger charge is -2.37. The molecule has 0 bridgehead atoms. The Morgan fingerprint density at radius 2 is 1.84 bits per heavy atom. The standard InChI is InChI=1S/C26H36N2O3/c1-17-12-20(16-28-14-18(15-28)25(29)30-5)27-24-11-10-22(13-23(17)24)31-21-8-6-19(7-9-21)26(2,3)4/h10-13,18-19,21H,6-9,14-16H2,1-5H3. The van der Waals surface area contributed by atoms with Crippen LogP contribution in [0, 0.1) is 24.2 Å². The van der Waals surface area contributed by atoms with Crippen molar-refractivity contribution in [2.45, 2.75) is 66.0 Å². The third kappa shape index (κ3) is 5.03. The summed E-state index contributed by atoms with van der Waals surface area (Å²) in [5, 5.41) is 1.15. The third-order valence-corrected chi connectivity index (χ3v) is 7.12. The summed E-state index contributed by atoms with van der Waals surface area (Å²) < 4.78 is 11.2. The quantitative estimate of drug-likeness (QED) is 0.623. The Morgan fingerprint density at radius 3 is 2.48 bits per heavy atom. The van der Waals surface area contributed by atoms with E-state index < -0.39 is 0 Å². The Kier molecular flexibility index (Phi) is 6.25. The molecule has 0 unspecified atom stereocenters. The number of fused-ring (bicyclic) bond motifs is 1. The first-order chi connectivity index (χ1) is 14.7. The Hall–Kier alpha value is -2.14. The summed E-state index contributed by atoms with van der Waals surface area (Å²) in [6.07, 6.45) is 5.09. The summed E-state index contributed by atoms with van der Waals surface area (Å²) >= 11 is 0. The number of nitrogens with zero attached hydrogens (tertiary/aromatic N) is 2. The summed E-state index contributed by atoms with van der Waals surface area (Å²) in [4.78, 5) is 18.7. The summed E-state index contributed by atoms with van der Waals surface area (Å²) in [6, 6.07) is 8.45. The highest BCUT2D eigenvalue weighted by molar-refractivity contribution is 5.83. The van der Waals surface area contributed by atoms with Crippen molar-refractivity contribution in [2.75, 3.05) is 20.2 Å². The highest BCUT2D eigenvalue weighted by atomic mass is 16.5. The van der Waals surface area contributed by atoms with E-state index in [0.29, 0.717) is 11.5 Å². The van der Waals surface area contributed by atoms with Crippen LogP contribution in [0.4, 0.5) is 0 Å². The van der Waals surface area contributed by atoms with E-state index in [4.69, 9.17) is 14.5 Å². The molecule has 2 fully saturated rings. The van der Waals surface area contributed by atoms with Crippen molar-refractivity contribution < 1.29 is 14.3 Å².